The van der Waals surface area contributed by atoms with Crippen molar-refractivity contribution in [2.45, 2.75) is 39.2 Å². The molecule has 0 amide bonds. The van der Waals surface area contributed by atoms with E-state index >= 15 is 0 Å². The van der Waals surface area contributed by atoms with Gasteiger partial charge in [0.2, 0.25) is 0 Å². The van der Waals surface area contributed by atoms with E-state index in [4.69, 9.17) is 0 Å². The molecule has 1 unspecified atom stereocenters. The molecular weight excluding hydrogens is 224 g/mol. The van der Waals surface area contributed by atoms with Gasteiger partial charge in [0.25, 0.3) is 0 Å². The van der Waals surface area contributed by atoms with Crippen molar-refractivity contribution in [2.24, 2.45) is 0 Å². The number of nitriles is 1. The molecule has 0 fully saturated rings. The average molecular weight is 254 g/mol. The molecule has 0 aromatic heterocycles. The molecule has 106 valence electrons. The Morgan fingerprint density at radius 3 is 2.28 bits per heavy atom. The molecule has 18 heavy (non-hydrogen) atoms. The first-order chi connectivity index (χ1) is 8.47. The number of nitrogens with zero attached hydrogens (tertiary/aromatic N) is 3. The van der Waals surface area contributed by atoms with Crippen LogP contribution < -0.4 is 5.32 Å². The minimum absolute atomic E-state index is 0.385. The Bertz CT molecular complexity index is 247. The minimum atomic E-state index is -0.385. The zero-order valence-corrected chi connectivity index (χ0v) is 12.8. The molecular formula is C14H30N4. The lowest BCUT2D eigenvalue weighted by Gasteiger charge is -2.27. The van der Waals surface area contributed by atoms with Gasteiger partial charge in [-0.05, 0) is 60.0 Å². The molecule has 0 bridgehead atoms. The molecule has 1 atom stereocenters. The smallest absolute Gasteiger partial charge is 0.105 e. The largest absolute Gasteiger partial charge is 0.309 e. The lowest BCUT2D eigenvalue weighted by Crippen LogP contribution is -2.44. The lowest BCUT2D eigenvalue weighted by atomic mass is 9.99. The van der Waals surface area contributed by atoms with Crippen molar-refractivity contribution < 1.29 is 0 Å². The van der Waals surface area contributed by atoms with Crippen LogP contribution in [0.25, 0.3) is 0 Å². The van der Waals surface area contributed by atoms with E-state index in [1.165, 1.54) is 6.42 Å². The summed E-state index contributed by atoms with van der Waals surface area (Å²) in [5.74, 6) is 0. The Balaban J connectivity index is 4.02. The molecule has 1 N–H and O–H groups in total. The second kappa shape index (κ2) is 9.32. The highest BCUT2D eigenvalue weighted by molar-refractivity contribution is 5.03. The van der Waals surface area contributed by atoms with E-state index in [2.05, 4.69) is 42.2 Å². The third-order valence-corrected chi connectivity index (χ3v) is 3.27. The van der Waals surface area contributed by atoms with Gasteiger partial charge < -0.3 is 9.80 Å². The Hall–Kier alpha value is -0.630. The SMILES string of the molecule is CCNC(C)(C#N)CCN(CC)CCCN(C)C. The number of hydrogen-bond donors (Lipinski definition) is 1. The summed E-state index contributed by atoms with van der Waals surface area (Å²) in [5, 5.41) is 12.5. The van der Waals surface area contributed by atoms with Crippen LogP contribution in [0.1, 0.15) is 33.6 Å². The molecule has 0 aliphatic heterocycles. The molecule has 0 radical (unpaired) electrons. The van der Waals surface area contributed by atoms with Crippen LogP contribution in [0.3, 0.4) is 0 Å². The van der Waals surface area contributed by atoms with Crippen LogP contribution >= 0.6 is 0 Å². The third-order valence-electron chi connectivity index (χ3n) is 3.27. The standard InChI is InChI=1S/C14H30N4/c1-6-16-14(3,13-15)9-12-18(7-2)11-8-10-17(4)5/h16H,6-12H2,1-5H3. The second-order valence-corrected chi connectivity index (χ2v) is 5.32. The van der Waals surface area contributed by atoms with Crippen molar-refractivity contribution >= 4 is 0 Å². The van der Waals surface area contributed by atoms with Gasteiger partial charge in [-0.25, -0.2) is 0 Å². The molecule has 0 saturated heterocycles. The summed E-state index contributed by atoms with van der Waals surface area (Å²) >= 11 is 0. The van der Waals surface area contributed by atoms with E-state index in [1.54, 1.807) is 0 Å². The number of nitrogens with one attached hydrogen (secondary N) is 1. The van der Waals surface area contributed by atoms with E-state index in [9.17, 15) is 5.26 Å². The molecule has 0 aromatic rings. The van der Waals surface area contributed by atoms with E-state index in [0.717, 1.165) is 39.1 Å². The van der Waals surface area contributed by atoms with Crippen molar-refractivity contribution in [2.75, 3.05) is 46.8 Å². The van der Waals surface area contributed by atoms with E-state index in [1.807, 2.05) is 13.8 Å². The van der Waals surface area contributed by atoms with Crippen molar-refractivity contribution in [1.82, 2.24) is 15.1 Å². The van der Waals surface area contributed by atoms with Gasteiger partial charge in [-0.2, -0.15) is 5.26 Å². The molecule has 4 nitrogen and oxygen atoms in total. The summed E-state index contributed by atoms with van der Waals surface area (Å²) in [6, 6.07) is 2.39. The predicted octanol–water partition coefficient (Wildman–Crippen LogP) is 1.54. The first-order valence-electron chi connectivity index (χ1n) is 7.00. The van der Waals surface area contributed by atoms with Crippen molar-refractivity contribution in [3.8, 4) is 6.07 Å². The quantitative estimate of drug-likeness (QED) is 0.642. The lowest BCUT2D eigenvalue weighted by molar-refractivity contribution is 0.242. The van der Waals surface area contributed by atoms with E-state index in [0.29, 0.717) is 0 Å². The molecule has 4 heteroatoms. The van der Waals surface area contributed by atoms with Crippen molar-refractivity contribution in [3.63, 3.8) is 0 Å². The third kappa shape index (κ3) is 7.65. The monoisotopic (exact) mass is 254 g/mol. The molecule has 0 aromatic carbocycles. The minimum Gasteiger partial charge on any atom is -0.309 e. The van der Waals surface area contributed by atoms with Gasteiger partial charge >= 0.3 is 0 Å². The first kappa shape index (κ1) is 17.4. The predicted molar refractivity (Wildman–Crippen MR) is 77.6 cm³/mol. The van der Waals surface area contributed by atoms with Gasteiger partial charge in [-0.3, -0.25) is 5.32 Å². The number of rotatable bonds is 10. The highest BCUT2D eigenvalue weighted by Crippen LogP contribution is 2.09. The van der Waals surface area contributed by atoms with Crippen LogP contribution in [0.15, 0.2) is 0 Å². The summed E-state index contributed by atoms with van der Waals surface area (Å²) in [5.41, 5.74) is -0.385. The maximum atomic E-state index is 9.21. The zero-order chi connectivity index (χ0) is 14.0. The van der Waals surface area contributed by atoms with Gasteiger partial charge in [0.05, 0.1) is 6.07 Å². The summed E-state index contributed by atoms with van der Waals surface area (Å²) in [6.07, 6.45) is 2.07. The molecule has 0 rings (SSSR count). The molecule has 0 heterocycles. The Kier molecular flexibility index (Phi) is 8.99. The van der Waals surface area contributed by atoms with Crippen LogP contribution in [-0.4, -0.2) is 62.2 Å². The van der Waals surface area contributed by atoms with E-state index < -0.39 is 0 Å². The summed E-state index contributed by atoms with van der Waals surface area (Å²) in [4.78, 5) is 4.64. The van der Waals surface area contributed by atoms with Gasteiger partial charge in [0, 0.05) is 6.54 Å². The van der Waals surface area contributed by atoms with Crippen molar-refractivity contribution in [3.05, 3.63) is 0 Å². The highest BCUT2D eigenvalue weighted by Gasteiger charge is 2.22. The first-order valence-corrected chi connectivity index (χ1v) is 7.00. The van der Waals surface area contributed by atoms with Crippen LogP contribution in [-0.2, 0) is 0 Å². The Morgan fingerprint density at radius 2 is 1.83 bits per heavy atom. The fraction of sp³-hybridized carbons (Fsp3) is 0.929. The topological polar surface area (TPSA) is 42.3 Å². The van der Waals surface area contributed by atoms with Gasteiger partial charge in [0.15, 0.2) is 0 Å². The second-order valence-electron chi connectivity index (χ2n) is 5.32. The van der Waals surface area contributed by atoms with E-state index in [-0.39, 0.29) is 5.54 Å². The van der Waals surface area contributed by atoms with Gasteiger partial charge in [-0.1, -0.05) is 13.8 Å². The van der Waals surface area contributed by atoms with Crippen molar-refractivity contribution in [1.29, 1.82) is 5.26 Å². The summed E-state index contributed by atoms with van der Waals surface area (Å²) in [6.45, 7) is 11.3. The molecule has 0 aliphatic rings. The summed E-state index contributed by atoms with van der Waals surface area (Å²) < 4.78 is 0. The summed E-state index contributed by atoms with van der Waals surface area (Å²) in [7, 11) is 4.21. The number of hydrogen-bond acceptors (Lipinski definition) is 4. The fourth-order valence-electron chi connectivity index (χ4n) is 1.99. The van der Waals surface area contributed by atoms with Gasteiger partial charge in [0.1, 0.15) is 5.54 Å². The Morgan fingerprint density at radius 1 is 1.17 bits per heavy atom. The van der Waals surface area contributed by atoms with Crippen LogP contribution in [0.5, 0.6) is 0 Å². The zero-order valence-electron chi connectivity index (χ0n) is 12.8. The van der Waals surface area contributed by atoms with Crippen LogP contribution in [0.4, 0.5) is 0 Å². The normalized spacial score (nSPS) is 14.8. The Labute approximate surface area is 113 Å². The maximum absolute atomic E-state index is 9.21. The molecule has 0 saturated carbocycles. The molecule has 0 spiro atoms. The maximum Gasteiger partial charge on any atom is 0.105 e. The van der Waals surface area contributed by atoms with Gasteiger partial charge in [-0.15, -0.1) is 0 Å². The fourth-order valence-corrected chi connectivity index (χ4v) is 1.99. The highest BCUT2D eigenvalue weighted by atomic mass is 15.1. The average Bonchev–Trinajstić information content (AvgIpc) is 2.33. The molecule has 0 aliphatic carbocycles. The van der Waals surface area contributed by atoms with Crippen LogP contribution in [0.2, 0.25) is 0 Å². The van der Waals surface area contributed by atoms with Crippen LogP contribution in [0, 0.1) is 11.3 Å².